The Kier molecular flexibility index (Phi) is 5.37. The standard InChI is InChI=1S/C14H19FIN3O2/c1-9(2)18-4-3-10(8-18)7-17-13-5-11(15)12(16)6-14(13)19(20)21/h5-6,9-10,17H,3-4,7-8H2,1-2H3. The van der Waals surface area contributed by atoms with Crippen LogP contribution >= 0.6 is 22.6 Å². The molecule has 7 heteroatoms. The fourth-order valence-corrected chi connectivity index (χ4v) is 3.03. The minimum atomic E-state index is -0.473. The maximum absolute atomic E-state index is 13.6. The maximum atomic E-state index is 13.6. The molecule has 1 fully saturated rings. The second kappa shape index (κ2) is 6.87. The van der Waals surface area contributed by atoms with Crippen molar-refractivity contribution in [2.24, 2.45) is 5.92 Å². The highest BCUT2D eigenvalue weighted by atomic mass is 127. The molecule has 116 valence electrons. The maximum Gasteiger partial charge on any atom is 0.293 e. The van der Waals surface area contributed by atoms with Gasteiger partial charge >= 0.3 is 0 Å². The molecule has 0 saturated carbocycles. The summed E-state index contributed by atoms with van der Waals surface area (Å²) < 4.78 is 13.9. The number of nitrogens with zero attached hydrogens (tertiary/aromatic N) is 2. The highest BCUT2D eigenvalue weighted by Gasteiger charge is 2.25. The predicted octanol–water partition coefficient (Wildman–Crippen LogP) is 3.48. The van der Waals surface area contributed by atoms with Crippen molar-refractivity contribution in [3.63, 3.8) is 0 Å². The predicted molar refractivity (Wildman–Crippen MR) is 89.1 cm³/mol. The van der Waals surface area contributed by atoms with Gasteiger partial charge in [-0.3, -0.25) is 10.1 Å². The zero-order valence-corrected chi connectivity index (χ0v) is 14.3. The first-order valence-corrected chi connectivity index (χ1v) is 8.07. The lowest BCUT2D eigenvalue weighted by atomic mass is 10.1. The van der Waals surface area contributed by atoms with E-state index in [4.69, 9.17) is 0 Å². The average molecular weight is 407 g/mol. The smallest absolute Gasteiger partial charge is 0.293 e. The SMILES string of the molecule is CC(C)N1CCC(CNc2cc(F)c(I)cc2[N+](=O)[O-])C1. The molecule has 0 radical (unpaired) electrons. The van der Waals surface area contributed by atoms with Crippen LogP contribution in [0, 0.1) is 25.4 Å². The Bertz CT molecular complexity index is 539. The zero-order valence-electron chi connectivity index (χ0n) is 12.1. The minimum Gasteiger partial charge on any atom is -0.379 e. The van der Waals surface area contributed by atoms with Gasteiger partial charge in [-0.1, -0.05) is 0 Å². The topological polar surface area (TPSA) is 58.4 Å². The van der Waals surface area contributed by atoms with Gasteiger partial charge < -0.3 is 10.2 Å². The van der Waals surface area contributed by atoms with Gasteiger partial charge in [0.1, 0.15) is 11.5 Å². The van der Waals surface area contributed by atoms with Gasteiger partial charge in [0.2, 0.25) is 0 Å². The molecular formula is C14H19FIN3O2. The molecule has 1 heterocycles. The van der Waals surface area contributed by atoms with Crippen molar-refractivity contribution in [2.45, 2.75) is 26.3 Å². The van der Waals surface area contributed by atoms with E-state index in [0.717, 1.165) is 19.5 Å². The molecule has 2 rings (SSSR count). The van der Waals surface area contributed by atoms with E-state index < -0.39 is 10.7 Å². The summed E-state index contributed by atoms with van der Waals surface area (Å²) in [5.74, 6) is 0.00766. The summed E-state index contributed by atoms with van der Waals surface area (Å²) in [6.07, 6.45) is 1.06. The molecule has 0 bridgehead atoms. The van der Waals surface area contributed by atoms with Crippen LogP contribution in [0.3, 0.4) is 0 Å². The Morgan fingerprint density at radius 3 is 2.86 bits per heavy atom. The quantitative estimate of drug-likeness (QED) is 0.462. The third-order valence-corrected chi connectivity index (χ3v) is 4.69. The minimum absolute atomic E-state index is 0.0699. The Morgan fingerprint density at radius 1 is 1.57 bits per heavy atom. The molecule has 1 aliphatic heterocycles. The van der Waals surface area contributed by atoms with E-state index in [9.17, 15) is 14.5 Å². The van der Waals surface area contributed by atoms with Crippen molar-refractivity contribution < 1.29 is 9.31 Å². The fourth-order valence-electron chi connectivity index (χ4n) is 2.58. The number of hydrogen-bond donors (Lipinski definition) is 1. The highest BCUT2D eigenvalue weighted by molar-refractivity contribution is 14.1. The first-order chi connectivity index (χ1) is 9.88. The number of halogens is 2. The second-order valence-electron chi connectivity index (χ2n) is 5.66. The van der Waals surface area contributed by atoms with Gasteiger partial charge in [0.25, 0.3) is 5.69 Å². The Balaban J connectivity index is 2.03. The van der Waals surface area contributed by atoms with Crippen LogP contribution < -0.4 is 5.32 Å². The van der Waals surface area contributed by atoms with Gasteiger partial charge in [0, 0.05) is 31.3 Å². The Labute approximate surface area is 137 Å². The molecule has 1 saturated heterocycles. The van der Waals surface area contributed by atoms with E-state index in [2.05, 4.69) is 24.1 Å². The molecule has 1 atom stereocenters. The molecule has 0 aromatic heterocycles. The van der Waals surface area contributed by atoms with Gasteiger partial charge in [-0.2, -0.15) is 0 Å². The van der Waals surface area contributed by atoms with Crippen LogP contribution in [0.2, 0.25) is 0 Å². The van der Waals surface area contributed by atoms with Crippen LogP contribution in [-0.2, 0) is 0 Å². The molecule has 5 nitrogen and oxygen atoms in total. The molecule has 1 aromatic carbocycles. The van der Waals surface area contributed by atoms with Crippen LogP contribution in [0.15, 0.2) is 12.1 Å². The van der Waals surface area contributed by atoms with Crippen molar-refractivity contribution in [3.05, 3.63) is 31.6 Å². The molecule has 1 aliphatic rings. The van der Waals surface area contributed by atoms with E-state index in [-0.39, 0.29) is 14.9 Å². The van der Waals surface area contributed by atoms with E-state index in [0.29, 0.717) is 18.5 Å². The highest BCUT2D eigenvalue weighted by Crippen LogP contribution is 2.29. The van der Waals surface area contributed by atoms with Crippen LogP contribution in [-0.4, -0.2) is 35.5 Å². The van der Waals surface area contributed by atoms with Crippen molar-refractivity contribution in [1.82, 2.24) is 4.90 Å². The first-order valence-electron chi connectivity index (χ1n) is 7.00. The molecule has 0 amide bonds. The summed E-state index contributed by atoms with van der Waals surface area (Å²) in [5.41, 5.74) is 0.195. The summed E-state index contributed by atoms with van der Waals surface area (Å²) in [5, 5.41) is 14.1. The van der Waals surface area contributed by atoms with Gasteiger partial charge in [0.05, 0.1) is 8.49 Å². The molecular weight excluding hydrogens is 388 g/mol. The average Bonchev–Trinajstić information content (AvgIpc) is 2.88. The van der Waals surface area contributed by atoms with E-state index in [1.54, 1.807) is 22.6 Å². The van der Waals surface area contributed by atoms with E-state index in [1.807, 2.05) is 0 Å². The van der Waals surface area contributed by atoms with Crippen LogP contribution in [0.4, 0.5) is 15.8 Å². The van der Waals surface area contributed by atoms with E-state index in [1.165, 1.54) is 12.1 Å². The Hall–Kier alpha value is -0.960. The Morgan fingerprint density at radius 2 is 2.29 bits per heavy atom. The van der Waals surface area contributed by atoms with Crippen LogP contribution in [0.5, 0.6) is 0 Å². The number of nitro benzene ring substituents is 1. The van der Waals surface area contributed by atoms with Gasteiger partial charge in [-0.05, 0) is 55.3 Å². The van der Waals surface area contributed by atoms with Gasteiger partial charge in [-0.25, -0.2) is 4.39 Å². The molecule has 1 unspecified atom stereocenters. The first kappa shape index (κ1) is 16.4. The molecule has 1 N–H and O–H groups in total. The zero-order chi connectivity index (χ0) is 15.6. The van der Waals surface area contributed by atoms with Crippen molar-refractivity contribution in [2.75, 3.05) is 25.0 Å². The molecule has 1 aromatic rings. The summed E-state index contributed by atoms with van der Waals surface area (Å²) in [7, 11) is 0. The number of rotatable bonds is 5. The third kappa shape index (κ3) is 4.03. The number of nitro groups is 1. The fraction of sp³-hybridized carbons (Fsp3) is 0.571. The second-order valence-corrected chi connectivity index (χ2v) is 6.83. The lowest BCUT2D eigenvalue weighted by Gasteiger charge is -2.20. The number of nitrogens with one attached hydrogen (secondary N) is 1. The van der Waals surface area contributed by atoms with Crippen molar-refractivity contribution in [3.8, 4) is 0 Å². The summed E-state index contributed by atoms with van der Waals surface area (Å²) in [4.78, 5) is 13.0. The van der Waals surface area contributed by atoms with Gasteiger partial charge in [-0.15, -0.1) is 0 Å². The summed E-state index contributed by atoms with van der Waals surface area (Å²) in [6.45, 7) is 6.98. The van der Waals surface area contributed by atoms with E-state index >= 15 is 0 Å². The molecule has 0 spiro atoms. The largest absolute Gasteiger partial charge is 0.379 e. The number of benzene rings is 1. The lowest BCUT2D eigenvalue weighted by Crippen LogP contribution is -2.29. The van der Waals surface area contributed by atoms with Crippen LogP contribution in [0.1, 0.15) is 20.3 Å². The number of anilines is 1. The van der Waals surface area contributed by atoms with Crippen molar-refractivity contribution >= 4 is 34.0 Å². The summed E-state index contributed by atoms with van der Waals surface area (Å²) in [6, 6.07) is 3.00. The molecule has 21 heavy (non-hydrogen) atoms. The summed E-state index contributed by atoms with van der Waals surface area (Å²) >= 11 is 1.76. The third-order valence-electron chi connectivity index (χ3n) is 3.86. The van der Waals surface area contributed by atoms with Crippen molar-refractivity contribution in [1.29, 1.82) is 0 Å². The molecule has 0 aliphatic carbocycles. The monoisotopic (exact) mass is 407 g/mol. The number of likely N-dealkylation sites (tertiary alicyclic amines) is 1. The normalized spacial score (nSPS) is 19.2. The van der Waals surface area contributed by atoms with Gasteiger partial charge in [0.15, 0.2) is 0 Å². The number of hydrogen-bond acceptors (Lipinski definition) is 4. The lowest BCUT2D eigenvalue weighted by molar-refractivity contribution is -0.384. The van der Waals surface area contributed by atoms with Crippen LogP contribution in [0.25, 0.3) is 0 Å².